The van der Waals surface area contributed by atoms with E-state index in [1.807, 2.05) is 0 Å². The quantitative estimate of drug-likeness (QED) is 0.755. The summed E-state index contributed by atoms with van der Waals surface area (Å²) in [4.78, 5) is 13.6. The zero-order valence-corrected chi connectivity index (χ0v) is 10.2. The Bertz CT molecular complexity index is 818. The maximum absolute atomic E-state index is 13.2. The van der Waals surface area contributed by atoms with E-state index in [9.17, 15) is 13.6 Å². The summed E-state index contributed by atoms with van der Waals surface area (Å²) in [7, 11) is 0. The van der Waals surface area contributed by atoms with E-state index >= 15 is 0 Å². The molecule has 0 saturated carbocycles. The van der Waals surface area contributed by atoms with Crippen molar-refractivity contribution in [1.82, 2.24) is 4.98 Å². The van der Waals surface area contributed by atoms with Crippen LogP contribution in [0.2, 0.25) is 0 Å². The van der Waals surface area contributed by atoms with Crippen LogP contribution in [-0.4, -0.2) is 4.98 Å². The lowest BCUT2D eigenvalue weighted by molar-refractivity contribution is 0.554. The van der Waals surface area contributed by atoms with Crippen molar-refractivity contribution in [2.75, 3.05) is 0 Å². The van der Waals surface area contributed by atoms with Gasteiger partial charge in [-0.25, -0.2) is 13.6 Å². The normalized spacial score (nSPS) is 12.8. The number of benzene rings is 2. The van der Waals surface area contributed by atoms with Gasteiger partial charge in [-0.05, 0) is 35.4 Å². The number of nitrogens with one attached hydrogen (secondary N) is 1. The summed E-state index contributed by atoms with van der Waals surface area (Å²) in [5, 5.41) is 0. The molecule has 0 radical (unpaired) electrons. The Morgan fingerprint density at radius 1 is 1.05 bits per heavy atom. The molecule has 1 heterocycles. The number of nitrogens with two attached hydrogens (primary N) is 1. The minimum atomic E-state index is -0.718. The van der Waals surface area contributed by atoms with Crippen LogP contribution in [-0.2, 0) is 0 Å². The minimum Gasteiger partial charge on any atom is -0.408 e. The van der Waals surface area contributed by atoms with Gasteiger partial charge in [0.1, 0.15) is 11.6 Å². The lowest BCUT2D eigenvalue weighted by Crippen LogP contribution is -2.12. The highest BCUT2D eigenvalue weighted by molar-refractivity contribution is 5.73. The number of oxazole rings is 1. The minimum absolute atomic E-state index is 0.305. The van der Waals surface area contributed by atoms with E-state index in [4.69, 9.17) is 10.2 Å². The fraction of sp³-hybridized carbons (Fsp3) is 0.0714. The van der Waals surface area contributed by atoms with Crippen LogP contribution in [0, 0.1) is 11.6 Å². The number of hydrogen-bond acceptors (Lipinski definition) is 3. The van der Waals surface area contributed by atoms with Crippen LogP contribution < -0.4 is 11.5 Å². The van der Waals surface area contributed by atoms with E-state index in [1.165, 1.54) is 12.1 Å². The molecule has 0 saturated heterocycles. The summed E-state index contributed by atoms with van der Waals surface area (Å²) in [6, 6.07) is 7.28. The first-order valence-corrected chi connectivity index (χ1v) is 5.87. The molecule has 0 amide bonds. The third-order valence-electron chi connectivity index (χ3n) is 3.05. The standard InChI is InChI=1S/C14H10F2N2O2/c15-9-3-8(4-10(16)6-9)13(17)7-1-2-11-12(5-7)20-14(19)18-11/h1-6,13H,17H2,(H,18,19). The zero-order chi connectivity index (χ0) is 14.3. The third kappa shape index (κ3) is 2.21. The topological polar surface area (TPSA) is 72.0 Å². The Balaban J connectivity index is 2.06. The van der Waals surface area contributed by atoms with Gasteiger partial charge in [-0.2, -0.15) is 0 Å². The molecule has 0 fully saturated rings. The van der Waals surface area contributed by atoms with Gasteiger partial charge in [0.15, 0.2) is 5.58 Å². The molecule has 102 valence electrons. The number of fused-ring (bicyclic) bond motifs is 1. The van der Waals surface area contributed by atoms with Crippen LogP contribution in [0.1, 0.15) is 17.2 Å². The van der Waals surface area contributed by atoms with Gasteiger partial charge in [-0.3, -0.25) is 4.98 Å². The van der Waals surface area contributed by atoms with E-state index < -0.39 is 23.4 Å². The molecule has 1 aromatic heterocycles. The zero-order valence-electron chi connectivity index (χ0n) is 10.2. The molecule has 0 aliphatic rings. The molecule has 3 aromatic rings. The largest absolute Gasteiger partial charge is 0.417 e. The number of aromatic nitrogens is 1. The van der Waals surface area contributed by atoms with Gasteiger partial charge in [0, 0.05) is 6.07 Å². The Morgan fingerprint density at radius 2 is 1.75 bits per heavy atom. The molecular formula is C14H10F2N2O2. The molecule has 3 N–H and O–H groups in total. The molecule has 2 aromatic carbocycles. The Morgan fingerprint density at radius 3 is 2.45 bits per heavy atom. The predicted molar refractivity (Wildman–Crippen MR) is 69.2 cm³/mol. The average Bonchev–Trinajstić information content (AvgIpc) is 2.75. The molecule has 0 aliphatic heterocycles. The maximum atomic E-state index is 13.2. The molecule has 3 rings (SSSR count). The maximum Gasteiger partial charge on any atom is 0.417 e. The first kappa shape index (κ1) is 12.6. The summed E-state index contributed by atoms with van der Waals surface area (Å²) in [6.45, 7) is 0. The second kappa shape index (κ2) is 4.57. The van der Waals surface area contributed by atoms with Crippen LogP contribution >= 0.6 is 0 Å². The van der Waals surface area contributed by atoms with Gasteiger partial charge < -0.3 is 10.2 Å². The van der Waals surface area contributed by atoms with E-state index in [2.05, 4.69) is 4.98 Å². The number of hydrogen-bond donors (Lipinski definition) is 2. The highest BCUT2D eigenvalue weighted by atomic mass is 19.1. The summed E-state index contributed by atoms with van der Waals surface area (Å²) in [5.41, 5.74) is 7.77. The van der Waals surface area contributed by atoms with Crippen molar-refractivity contribution >= 4 is 11.1 Å². The number of aromatic amines is 1. The molecular weight excluding hydrogens is 266 g/mol. The number of halogens is 2. The van der Waals surface area contributed by atoms with Crippen LogP contribution in [0.4, 0.5) is 8.78 Å². The average molecular weight is 276 g/mol. The highest BCUT2D eigenvalue weighted by Gasteiger charge is 2.13. The van der Waals surface area contributed by atoms with Gasteiger partial charge >= 0.3 is 5.76 Å². The summed E-state index contributed by atoms with van der Waals surface area (Å²) in [6.07, 6.45) is 0. The van der Waals surface area contributed by atoms with Crippen LogP contribution in [0.5, 0.6) is 0 Å². The van der Waals surface area contributed by atoms with Gasteiger partial charge in [0.05, 0.1) is 11.6 Å². The smallest absolute Gasteiger partial charge is 0.408 e. The van der Waals surface area contributed by atoms with Crippen molar-refractivity contribution in [3.63, 3.8) is 0 Å². The SMILES string of the molecule is NC(c1cc(F)cc(F)c1)c1ccc2[nH]c(=O)oc2c1. The van der Waals surface area contributed by atoms with Gasteiger partial charge in [0.2, 0.25) is 0 Å². The van der Waals surface area contributed by atoms with Crippen molar-refractivity contribution in [3.05, 3.63) is 69.7 Å². The second-order valence-electron chi connectivity index (χ2n) is 4.45. The summed E-state index contributed by atoms with van der Waals surface area (Å²) in [5.74, 6) is -1.95. The van der Waals surface area contributed by atoms with Crippen molar-refractivity contribution in [2.45, 2.75) is 6.04 Å². The molecule has 0 spiro atoms. The number of H-pyrrole nitrogens is 1. The van der Waals surface area contributed by atoms with Crippen LogP contribution in [0.25, 0.3) is 11.1 Å². The number of rotatable bonds is 2. The third-order valence-corrected chi connectivity index (χ3v) is 3.05. The summed E-state index contributed by atoms with van der Waals surface area (Å²) >= 11 is 0. The summed E-state index contributed by atoms with van der Waals surface area (Å²) < 4.78 is 31.3. The van der Waals surface area contributed by atoms with E-state index in [-0.39, 0.29) is 0 Å². The fourth-order valence-corrected chi connectivity index (χ4v) is 2.10. The van der Waals surface area contributed by atoms with Crippen molar-refractivity contribution in [1.29, 1.82) is 0 Å². The molecule has 0 bridgehead atoms. The Kier molecular flexibility index (Phi) is 2.87. The van der Waals surface area contributed by atoms with Crippen molar-refractivity contribution in [3.8, 4) is 0 Å². The van der Waals surface area contributed by atoms with E-state index in [0.717, 1.165) is 6.07 Å². The van der Waals surface area contributed by atoms with Crippen LogP contribution in [0.15, 0.2) is 45.6 Å². The van der Waals surface area contributed by atoms with Gasteiger partial charge in [-0.15, -0.1) is 0 Å². The lowest BCUT2D eigenvalue weighted by atomic mass is 9.99. The van der Waals surface area contributed by atoms with Gasteiger partial charge in [0.25, 0.3) is 0 Å². The van der Waals surface area contributed by atoms with Crippen LogP contribution in [0.3, 0.4) is 0 Å². The lowest BCUT2D eigenvalue weighted by Gasteiger charge is -2.12. The van der Waals surface area contributed by atoms with E-state index in [0.29, 0.717) is 22.2 Å². The predicted octanol–water partition coefficient (Wildman–Crippen LogP) is 2.45. The first-order chi connectivity index (χ1) is 9.52. The molecule has 1 unspecified atom stereocenters. The monoisotopic (exact) mass is 276 g/mol. The van der Waals surface area contributed by atoms with Crippen molar-refractivity contribution in [2.24, 2.45) is 5.73 Å². The van der Waals surface area contributed by atoms with Crippen molar-refractivity contribution < 1.29 is 13.2 Å². The molecule has 4 nitrogen and oxygen atoms in total. The molecule has 20 heavy (non-hydrogen) atoms. The van der Waals surface area contributed by atoms with Gasteiger partial charge in [-0.1, -0.05) is 6.07 Å². The molecule has 1 atom stereocenters. The van der Waals surface area contributed by atoms with E-state index in [1.54, 1.807) is 18.2 Å². The molecule has 0 aliphatic carbocycles. The first-order valence-electron chi connectivity index (χ1n) is 5.87. The highest BCUT2D eigenvalue weighted by Crippen LogP contribution is 2.24. The Labute approximate surface area is 111 Å². The fourth-order valence-electron chi connectivity index (χ4n) is 2.10. The molecule has 6 heteroatoms. The Hall–Kier alpha value is -2.47. The second-order valence-corrected chi connectivity index (χ2v) is 4.45.